The first-order chi connectivity index (χ1) is 15.5. The maximum atomic E-state index is 12.6. The summed E-state index contributed by atoms with van der Waals surface area (Å²) in [4.78, 5) is 29.6. The van der Waals surface area contributed by atoms with Gasteiger partial charge in [-0.25, -0.2) is 9.78 Å². The van der Waals surface area contributed by atoms with Gasteiger partial charge in [-0.2, -0.15) is 0 Å². The fourth-order valence-corrected chi connectivity index (χ4v) is 3.87. The van der Waals surface area contributed by atoms with Crippen molar-refractivity contribution in [2.24, 2.45) is 0 Å². The second kappa shape index (κ2) is 10.6. The lowest BCUT2D eigenvalue weighted by Crippen LogP contribution is -2.21. The number of carbonyl (C=O) groups excluding carboxylic acids is 2. The van der Waals surface area contributed by atoms with Crippen LogP contribution in [0.1, 0.15) is 22.3 Å². The Morgan fingerprint density at radius 1 is 1.03 bits per heavy atom. The van der Waals surface area contributed by atoms with Crippen LogP contribution in [0.15, 0.2) is 42.5 Å². The van der Waals surface area contributed by atoms with Crippen LogP contribution < -0.4 is 19.5 Å². The summed E-state index contributed by atoms with van der Waals surface area (Å²) < 4.78 is 21.3. The van der Waals surface area contributed by atoms with Gasteiger partial charge in [-0.05, 0) is 44.2 Å². The molecular weight excluding hydrogens is 432 g/mol. The van der Waals surface area contributed by atoms with E-state index in [1.165, 1.54) is 11.3 Å². The Bertz CT molecular complexity index is 1110. The highest BCUT2D eigenvalue weighted by Gasteiger charge is 2.20. The van der Waals surface area contributed by atoms with Crippen molar-refractivity contribution in [1.82, 2.24) is 4.98 Å². The van der Waals surface area contributed by atoms with Gasteiger partial charge in [0, 0.05) is 5.56 Å². The molecule has 0 radical (unpaired) electrons. The van der Waals surface area contributed by atoms with E-state index >= 15 is 0 Å². The molecule has 0 fully saturated rings. The van der Waals surface area contributed by atoms with Crippen molar-refractivity contribution < 1.29 is 28.5 Å². The van der Waals surface area contributed by atoms with Crippen molar-refractivity contribution in [2.45, 2.75) is 13.8 Å². The summed E-state index contributed by atoms with van der Waals surface area (Å²) in [6.07, 6.45) is 0. The predicted octanol–water partition coefficient (Wildman–Crippen LogP) is 4.33. The summed E-state index contributed by atoms with van der Waals surface area (Å²) in [5.74, 6) is 0.632. The standard InChI is InChI=1S/C23H24N2O6S/c1-5-30-17-9-7-6-8-16(17)25-20(26)13-31-23(27)21-14(2)24-22(32-21)15-10-11-18(28-3)19(12-15)29-4/h6-12H,5,13H2,1-4H3,(H,25,26). The molecule has 32 heavy (non-hydrogen) atoms. The molecule has 9 heteroatoms. The van der Waals surface area contributed by atoms with E-state index in [1.54, 1.807) is 51.5 Å². The predicted molar refractivity (Wildman–Crippen MR) is 122 cm³/mol. The van der Waals surface area contributed by atoms with Gasteiger partial charge in [0.1, 0.15) is 15.6 Å². The number of para-hydroxylation sites is 2. The Kier molecular flexibility index (Phi) is 7.67. The van der Waals surface area contributed by atoms with E-state index in [1.807, 2.05) is 19.1 Å². The fraction of sp³-hybridized carbons (Fsp3) is 0.261. The van der Waals surface area contributed by atoms with Crippen molar-refractivity contribution in [3.63, 3.8) is 0 Å². The molecule has 1 N–H and O–H groups in total. The molecule has 0 atom stereocenters. The number of hydrogen-bond donors (Lipinski definition) is 1. The molecule has 0 aliphatic heterocycles. The van der Waals surface area contributed by atoms with E-state index in [-0.39, 0.29) is 0 Å². The Balaban J connectivity index is 1.66. The van der Waals surface area contributed by atoms with Crippen molar-refractivity contribution in [2.75, 3.05) is 32.8 Å². The van der Waals surface area contributed by atoms with Gasteiger partial charge in [-0.3, -0.25) is 4.79 Å². The van der Waals surface area contributed by atoms with E-state index in [2.05, 4.69) is 10.3 Å². The summed E-state index contributed by atoms with van der Waals surface area (Å²) >= 11 is 1.18. The van der Waals surface area contributed by atoms with E-state index in [0.29, 0.717) is 45.1 Å². The van der Waals surface area contributed by atoms with Crippen LogP contribution in [0.5, 0.6) is 17.2 Å². The minimum atomic E-state index is -0.611. The number of nitrogens with one attached hydrogen (secondary N) is 1. The number of carbonyl (C=O) groups is 2. The van der Waals surface area contributed by atoms with Crippen molar-refractivity contribution in [1.29, 1.82) is 0 Å². The molecule has 1 heterocycles. The monoisotopic (exact) mass is 456 g/mol. The number of rotatable bonds is 9. The molecule has 1 amide bonds. The van der Waals surface area contributed by atoms with E-state index in [4.69, 9.17) is 18.9 Å². The molecule has 8 nitrogen and oxygen atoms in total. The summed E-state index contributed by atoms with van der Waals surface area (Å²) in [6.45, 7) is 3.61. The Morgan fingerprint density at radius 2 is 1.78 bits per heavy atom. The summed E-state index contributed by atoms with van der Waals surface area (Å²) in [5, 5.41) is 3.32. The lowest BCUT2D eigenvalue weighted by molar-refractivity contribution is -0.119. The second-order valence-corrected chi connectivity index (χ2v) is 7.56. The number of aryl methyl sites for hydroxylation is 1. The highest BCUT2D eigenvalue weighted by atomic mass is 32.1. The number of amides is 1. The van der Waals surface area contributed by atoms with Gasteiger partial charge >= 0.3 is 5.97 Å². The van der Waals surface area contributed by atoms with Crippen LogP contribution in [0.25, 0.3) is 10.6 Å². The molecule has 168 valence electrons. The van der Waals surface area contributed by atoms with Gasteiger partial charge in [0.25, 0.3) is 5.91 Å². The van der Waals surface area contributed by atoms with Crippen LogP contribution in [0, 0.1) is 6.92 Å². The molecule has 3 rings (SSSR count). The summed E-state index contributed by atoms with van der Waals surface area (Å²) in [5.41, 5.74) is 1.81. The normalized spacial score (nSPS) is 10.4. The Morgan fingerprint density at radius 3 is 2.50 bits per heavy atom. The van der Waals surface area contributed by atoms with E-state index in [0.717, 1.165) is 5.56 Å². The molecule has 0 bridgehead atoms. The van der Waals surface area contributed by atoms with Gasteiger partial charge < -0.3 is 24.3 Å². The smallest absolute Gasteiger partial charge is 0.350 e. The molecular formula is C23H24N2O6S. The lowest BCUT2D eigenvalue weighted by atomic mass is 10.2. The number of anilines is 1. The number of methoxy groups -OCH3 is 2. The largest absolute Gasteiger partial charge is 0.493 e. The highest BCUT2D eigenvalue weighted by molar-refractivity contribution is 7.17. The van der Waals surface area contributed by atoms with Crippen molar-refractivity contribution >= 4 is 28.9 Å². The summed E-state index contributed by atoms with van der Waals surface area (Å²) in [6, 6.07) is 12.4. The number of thiazole rings is 1. The van der Waals surface area contributed by atoms with E-state index in [9.17, 15) is 9.59 Å². The molecule has 0 unspecified atom stereocenters. The second-order valence-electron chi connectivity index (χ2n) is 6.56. The van der Waals surface area contributed by atoms with Gasteiger partial charge in [-0.15, -0.1) is 11.3 Å². The molecule has 0 aliphatic rings. The maximum Gasteiger partial charge on any atom is 0.350 e. The van der Waals surface area contributed by atoms with Gasteiger partial charge in [0.05, 0.1) is 32.2 Å². The number of ether oxygens (including phenoxy) is 4. The quantitative estimate of drug-likeness (QED) is 0.479. The minimum Gasteiger partial charge on any atom is -0.493 e. The Labute approximate surface area is 190 Å². The van der Waals surface area contributed by atoms with Crippen LogP contribution in [0.3, 0.4) is 0 Å². The first-order valence-corrected chi connectivity index (χ1v) is 10.7. The minimum absolute atomic E-state index is 0.331. The number of esters is 1. The molecule has 1 aromatic heterocycles. The third-order valence-electron chi connectivity index (χ3n) is 4.41. The third-order valence-corrected chi connectivity index (χ3v) is 5.59. The molecule has 3 aromatic rings. The highest BCUT2D eigenvalue weighted by Crippen LogP contribution is 2.35. The van der Waals surface area contributed by atoms with Gasteiger partial charge in [0.2, 0.25) is 0 Å². The molecule has 0 saturated carbocycles. The number of nitrogens with zero attached hydrogens (tertiary/aromatic N) is 1. The first-order valence-electron chi connectivity index (χ1n) is 9.85. The van der Waals surface area contributed by atoms with Crippen molar-refractivity contribution in [3.05, 3.63) is 53.0 Å². The Hall–Kier alpha value is -3.59. The molecule has 0 spiro atoms. The first kappa shape index (κ1) is 23.1. The maximum absolute atomic E-state index is 12.6. The zero-order valence-electron chi connectivity index (χ0n) is 18.3. The van der Waals surface area contributed by atoms with Crippen LogP contribution in [-0.4, -0.2) is 44.3 Å². The SMILES string of the molecule is CCOc1ccccc1NC(=O)COC(=O)c1sc(-c2ccc(OC)c(OC)c2)nc1C. The number of benzene rings is 2. The van der Waals surface area contributed by atoms with E-state index < -0.39 is 18.5 Å². The zero-order valence-corrected chi connectivity index (χ0v) is 19.1. The van der Waals surface area contributed by atoms with Crippen LogP contribution in [-0.2, 0) is 9.53 Å². The van der Waals surface area contributed by atoms with Gasteiger partial charge in [0.15, 0.2) is 18.1 Å². The number of hydrogen-bond acceptors (Lipinski definition) is 8. The van der Waals surface area contributed by atoms with Crippen LogP contribution in [0.4, 0.5) is 5.69 Å². The fourth-order valence-electron chi connectivity index (χ4n) is 2.91. The van der Waals surface area contributed by atoms with Crippen molar-refractivity contribution in [3.8, 4) is 27.8 Å². The third kappa shape index (κ3) is 5.36. The zero-order chi connectivity index (χ0) is 23.1. The number of aromatic nitrogens is 1. The van der Waals surface area contributed by atoms with Gasteiger partial charge in [-0.1, -0.05) is 12.1 Å². The molecule has 0 aliphatic carbocycles. The molecule has 2 aromatic carbocycles. The topological polar surface area (TPSA) is 96.0 Å². The average Bonchev–Trinajstić information content (AvgIpc) is 3.20. The lowest BCUT2D eigenvalue weighted by Gasteiger charge is -2.11. The average molecular weight is 457 g/mol. The molecule has 0 saturated heterocycles. The van der Waals surface area contributed by atoms with Crippen LogP contribution >= 0.6 is 11.3 Å². The van der Waals surface area contributed by atoms with Crippen LogP contribution in [0.2, 0.25) is 0 Å². The summed E-state index contributed by atoms with van der Waals surface area (Å²) in [7, 11) is 3.11.